The molecule has 136 valence electrons. The Balaban J connectivity index is 1.90. The van der Waals surface area contributed by atoms with Gasteiger partial charge < -0.3 is 9.26 Å². The van der Waals surface area contributed by atoms with Crippen molar-refractivity contribution < 1.29 is 18.9 Å². The molecule has 0 aliphatic carbocycles. The predicted octanol–water partition coefficient (Wildman–Crippen LogP) is 4.03. The minimum Gasteiger partial charge on any atom is -0.474 e. The second-order valence-corrected chi connectivity index (χ2v) is 7.10. The van der Waals surface area contributed by atoms with Crippen LogP contribution in [0.2, 0.25) is 0 Å². The van der Waals surface area contributed by atoms with Crippen LogP contribution >= 0.6 is 0 Å². The van der Waals surface area contributed by atoms with Gasteiger partial charge in [-0.1, -0.05) is 38.1 Å². The van der Waals surface area contributed by atoms with Gasteiger partial charge in [0.1, 0.15) is 6.61 Å². The number of carbonyl (C=O) groups excluding carboxylic acids is 1. The third kappa shape index (κ3) is 5.90. The molecule has 0 atom stereocenters. The number of carbonyl (C=O) groups is 1. The van der Waals surface area contributed by atoms with Gasteiger partial charge in [0.15, 0.2) is 5.76 Å². The van der Waals surface area contributed by atoms with E-state index in [1.165, 1.54) is 10.6 Å². The number of nitrogens with zero attached hydrogens (tertiary/aromatic N) is 2. The minimum absolute atomic E-state index is 0.257. The lowest BCUT2D eigenvalue weighted by Gasteiger charge is -2.26. The first-order valence-electron chi connectivity index (χ1n) is 8.39. The summed E-state index contributed by atoms with van der Waals surface area (Å²) in [5.74, 6) is 1.51. The molecule has 1 aromatic carbocycles. The number of rotatable bonds is 8. The van der Waals surface area contributed by atoms with Crippen LogP contribution in [0.5, 0.6) is 5.88 Å². The molecule has 0 saturated carbocycles. The molecule has 0 radical (unpaired) electrons. The van der Waals surface area contributed by atoms with E-state index in [1.54, 1.807) is 6.07 Å². The fourth-order valence-electron chi connectivity index (χ4n) is 2.21. The molecule has 6 nitrogen and oxygen atoms in total. The second kappa shape index (κ2) is 8.16. The molecule has 1 aromatic heterocycles. The van der Waals surface area contributed by atoms with Crippen molar-refractivity contribution in [2.45, 2.75) is 46.1 Å². The number of aromatic nitrogens is 1. The molecule has 1 amide bonds. The molecule has 2 aromatic rings. The molecule has 25 heavy (non-hydrogen) atoms. The van der Waals surface area contributed by atoms with Gasteiger partial charge in [0.05, 0.1) is 12.1 Å². The Bertz CT molecular complexity index is 671. The lowest BCUT2D eigenvalue weighted by atomic mass is 10.0. The van der Waals surface area contributed by atoms with E-state index >= 15 is 0 Å². The van der Waals surface area contributed by atoms with E-state index in [9.17, 15) is 4.79 Å². The molecule has 0 saturated heterocycles. The van der Waals surface area contributed by atoms with Gasteiger partial charge in [-0.15, -0.1) is 0 Å². The summed E-state index contributed by atoms with van der Waals surface area (Å²) in [4.78, 5) is 16.5. The summed E-state index contributed by atoms with van der Waals surface area (Å²) in [7, 11) is 0. The average Bonchev–Trinajstić information content (AvgIpc) is 3.01. The second-order valence-electron chi connectivity index (χ2n) is 7.10. The average molecular weight is 346 g/mol. The number of ether oxygens (including phenoxy) is 1. The minimum atomic E-state index is -0.440. The number of amides is 1. The van der Waals surface area contributed by atoms with Crippen LogP contribution in [0.1, 0.15) is 46.1 Å². The lowest BCUT2D eigenvalue weighted by molar-refractivity contribution is -0.217. The monoisotopic (exact) mass is 346 g/mol. The summed E-state index contributed by atoms with van der Waals surface area (Å²) >= 11 is 0. The summed E-state index contributed by atoms with van der Waals surface area (Å²) < 4.78 is 10.9. The van der Waals surface area contributed by atoms with Gasteiger partial charge in [-0.2, -0.15) is 0 Å². The zero-order valence-corrected chi connectivity index (χ0v) is 15.5. The Morgan fingerprint density at radius 2 is 1.92 bits per heavy atom. The van der Waals surface area contributed by atoms with Crippen LogP contribution in [0.3, 0.4) is 0 Å². The molecule has 0 unspecified atom stereocenters. The highest BCUT2D eigenvalue weighted by molar-refractivity contribution is 5.58. The first kappa shape index (κ1) is 19.0. The van der Waals surface area contributed by atoms with Crippen LogP contribution in [-0.4, -0.2) is 35.4 Å². The molecule has 0 bridgehead atoms. The van der Waals surface area contributed by atoms with Crippen molar-refractivity contribution in [3.05, 3.63) is 35.9 Å². The van der Waals surface area contributed by atoms with Gasteiger partial charge in [0, 0.05) is 11.6 Å². The Hall–Kier alpha value is -2.34. The number of hydroxylamine groups is 2. The molecule has 0 fully saturated rings. The first-order chi connectivity index (χ1) is 11.8. The van der Waals surface area contributed by atoms with Crippen LogP contribution in [0.25, 0.3) is 11.3 Å². The summed E-state index contributed by atoms with van der Waals surface area (Å²) in [6, 6.07) is 9.90. The molecule has 0 aliphatic heterocycles. The highest BCUT2D eigenvalue weighted by Gasteiger charge is 2.16. The molecule has 6 heteroatoms. The SMILES string of the molecule is CC(C)c1ccc(-c2cc(OCCN(C=O)OC(C)(C)C)no2)cc1. The topological polar surface area (TPSA) is 64.8 Å². The molecular weight excluding hydrogens is 320 g/mol. The van der Waals surface area contributed by atoms with E-state index in [4.69, 9.17) is 14.1 Å². The third-order valence-corrected chi connectivity index (χ3v) is 3.42. The van der Waals surface area contributed by atoms with Crippen molar-refractivity contribution in [1.29, 1.82) is 0 Å². The molecular formula is C19H26N2O4. The van der Waals surface area contributed by atoms with E-state index in [-0.39, 0.29) is 6.61 Å². The van der Waals surface area contributed by atoms with Crippen LogP contribution in [0, 0.1) is 0 Å². The van der Waals surface area contributed by atoms with Gasteiger partial charge in [-0.25, -0.2) is 5.06 Å². The molecule has 0 N–H and O–H groups in total. The third-order valence-electron chi connectivity index (χ3n) is 3.42. The normalized spacial score (nSPS) is 11.6. The van der Waals surface area contributed by atoms with E-state index in [0.717, 1.165) is 5.56 Å². The lowest BCUT2D eigenvalue weighted by Crippen LogP contribution is -2.35. The number of hydrogen-bond donors (Lipinski definition) is 0. The van der Waals surface area contributed by atoms with E-state index in [2.05, 4.69) is 31.1 Å². The quantitative estimate of drug-likeness (QED) is 0.533. The van der Waals surface area contributed by atoms with E-state index < -0.39 is 5.60 Å². The Labute approximate surface area is 148 Å². The Kier molecular flexibility index (Phi) is 6.20. The van der Waals surface area contributed by atoms with Crippen molar-refractivity contribution in [2.75, 3.05) is 13.2 Å². The van der Waals surface area contributed by atoms with Gasteiger partial charge >= 0.3 is 0 Å². The number of hydrogen-bond acceptors (Lipinski definition) is 5. The van der Waals surface area contributed by atoms with E-state index in [1.807, 2.05) is 32.9 Å². The Morgan fingerprint density at radius 1 is 1.24 bits per heavy atom. The van der Waals surface area contributed by atoms with Crippen LogP contribution in [0.4, 0.5) is 0 Å². The van der Waals surface area contributed by atoms with Crippen molar-refractivity contribution in [3.63, 3.8) is 0 Å². The number of benzene rings is 1. The predicted molar refractivity (Wildman–Crippen MR) is 95.1 cm³/mol. The fraction of sp³-hybridized carbons (Fsp3) is 0.474. The maximum absolute atomic E-state index is 11.0. The highest BCUT2D eigenvalue weighted by atomic mass is 16.7. The zero-order valence-electron chi connectivity index (χ0n) is 15.5. The van der Waals surface area contributed by atoms with Crippen LogP contribution < -0.4 is 4.74 Å². The first-order valence-corrected chi connectivity index (χ1v) is 8.39. The standard InChI is InChI=1S/C19H26N2O4/c1-14(2)15-6-8-16(9-7-15)17-12-18(20-24-17)23-11-10-21(13-22)25-19(3,4)5/h6-9,12-14H,10-11H2,1-5H3. The van der Waals surface area contributed by atoms with Crippen molar-refractivity contribution in [3.8, 4) is 17.2 Å². The van der Waals surface area contributed by atoms with E-state index in [0.29, 0.717) is 30.5 Å². The maximum Gasteiger partial charge on any atom is 0.254 e. The molecule has 1 heterocycles. The summed E-state index contributed by atoms with van der Waals surface area (Å²) in [5, 5.41) is 5.12. The smallest absolute Gasteiger partial charge is 0.254 e. The zero-order chi connectivity index (χ0) is 18.4. The van der Waals surface area contributed by atoms with Gasteiger partial charge in [0.2, 0.25) is 6.41 Å². The van der Waals surface area contributed by atoms with Crippen molar-refractivity contribution in [2.24, 2.45) is 0 Å². The van der Waals surface area contributed by atoms with Crippen molar-refractivity contribution >= 4 is 6.41 Å². The molecule has 2 rings (SSSR count). The molecule has 0 aliphatic rings. The summed E-state index contributed by atoms with van der Waals surface area (Å²) in [5.41, 5.74) is 1.77. The van der Waals surface area contributed by atoms with Gasteiger partial charge in [0.25, 0.3) is 5.88 Å². The Morgan fingerprint density at radius 3 is 2.48 bits per heavy atom. The van der Waals surface area contributed by atoms with Crippen LogP contribution in [-0.2, 0) is 9.63 Å². The molecule has 0 spiro atoms. The largest absolute Gasteiger partial charge is 0.474 e. The van der Waals surface area contributed by atoms with Gasteiger partial charge in [-0.05, 0) is 37.4 Å². The highest BCUT2D eigenvalue weighted by Crippen LogP contribution is 2.25. The van der Waals surface area contributed by atoms with Crippen molar-refractivity contribution in [1.82, 2.24) is 10.2 Å². The van der Waals surface area contributed by atoms with Gasteiger partial charge in [-0.3, -0.25) is 9.63 Å². The fourth-order valence-corrected chi connectivity index (χ4v) is 2.21. The summed E-state index contributed by atoms with van der Waals surface area (Å²) in [6.45, 7) is 10.5. The van der Waals surface area contributed by atoms with Crippen LogP contribution in [0.15, 0.2) is 34.9 Å². The maximum atomic E-state index is 11.0. The summed E-state index contributed by atoms with van der Waals surface area (Å²) in [6.07, 6.45) is 0.638.